The van der Waals surface area contributed by atoms with E-state index in [9.17, 15) is 9.18 Å². The molecule has 2 N–H and O–H groups in total. The number of carboxylic acid groups (broad SMARTS) is 1. The van der Waals surface area contributed by atoms with Crippen molar-refractivity contribution in [2.24, 2.45) is 0 Å². The number of nitrogens with one attached hydrogen (secondary N) is 1. The lowest BCUT2D eigenvalue weighted by Crippen LogP contribution is -2.03. The van der Waals surface area contributed by atoms with E-state index in [1.54, 1.807) is 0 Å². The Morgan fingerprint density at radius 2 is 2.33 bits per heavy atom. The second kappa shape index (κ2) is 5.60. The SMILES string of the molecule is CCCSNc1cccc(C(=O)O)c1F. The van der Waals surface area contributed by atoms with E-state index in [1.165, 1.54) is 30.1 Å². The van der Waals surface area contributed by atoms with Gasteiger partial charge >= 0.3 is 5.97 Å². The maximum Gasteiger partial charge on any atom is 0.338 e. The molecule has 0 heterocycles. The fourth-order valence-electron chi connectivity index (χ4n) is 1.01. The van der Waals surface area contributed by atoms with Gasteiger partial charge in [0.1, 0.15) is 0 Å². The molecule has 0 saturated heterocycles. The number of hydrogen-bond acceptors (Lipinski definition) is 3. The molecule has 0 aliphatic rings. The molecule has 82 valence electrons. The van der Waals surface area contributed by atoms with Crippen molar-refractivity contribution in [3.05, 3.63) is 29.6 Å². The molecular weight excluding hydrogens is 217 g/mol. The van der Waals surface area contributed by atoms with E-state index in [-0.39, 0.29) is 11.3 Å². The van der Waals surface area contributed by atoms with Crippen molar-refractivity contribution in [2.75, 3.05) is 10.5 Å². The number of aromatic carboxylic acids is 1. The normalized spacial score (nSPS) is 10.0. The highest BCUT2D eigenvalue weighted by Crippen LogP contribution is 2.21. The minimum absolute atomic E-state index is 0.216. The van der Waals surface area contributed by atoms with Gasteiger partial charge in [0.05, 0.1) is 11.3 Å². The van der Waals surface area contributed by atoms with Crippen LogP contribution in [0, 0.1) is 5.82 Å². The van der Waals surface area contributed by atoms with Gasteiger partial charge < -0.3 is 9.83 Å². The molecule has 15 heavy (non-hydrogen) atoms. The first-order chi connectivity index (χ1) is 7.16. The second-order valence-electron chi connectivity index (χ2n) is 2.92. The van der Waals surface area contributed by atoms with Crippen LogP contribution in [-0.2, 0) is 0 Å². The highest BCUT2D eigenvalue weighted by molar-refractivity contribution is 8.00. The summed E-state index contributed by atoms with van der Waals surface area (Å²) < 4.78 is 16.3. The van der Waals surface area contributed by atoms with Crippen molar-refractivity contribution in [2.45, 2.75) is 13.3 Å². The Labute approximate surface area is 91.8 Å². The Bertz CT molecular complexity index is 357. The van der Waals surface area contributed by atoms with Gasteiger partial charge in [-0.25, -0.2) is 9.18 Å². The van der Waals surface area contributed by atoms with Crippen LogP contribution < -0.4 is 4.72 Å². The Morgan fingerprint density at radius 1 is 1.60 bits per heavy atom. The molecule has 0 spiro atoms. The Hall–Kier alpha value is -1.23. The van der Waals surface area contributed by atoms with Gasteiger partial charge in [-0.2, -0.15) is 0 Å². The van der Waals surface area contributed by atoms with Gasteiger partial charge in [0.25, 0.3) is 0 Å². The van der Waals surface area contributed by atoms with Crippen LogP contribution in [-0.4, -0.2) is 16.8 Å². The van der Waals surface area contributed by atoms with Crippen molar-refractivity contribution in [1.29, 1.82) is 0 Å². The fraction of sp³-hybridized carbons (Fsp3) is 0.300. The topological polar surface area (TPSA) is 49.3 Å². The molecule has 1 aromatic carbocycles. The van der Waals surface area contributed by atoms with E-state index in [0.717, 1.165) is 12.2 Å². The molecule has 0 aromatic heterocycles. The zero-order valence-electron chi connectivity index (χ0n) is 8.29. The largest absolute Gasteiger partial charge is 0.478 e. The average Bonchev–Trinajstić information content (AvgIpc) is 2.20. The first kappa shape index (κ1) is 11.8. The minimum Gasteiger partial charge on any atom is -0.478 e. The number of anilines is 1. The number of hydrogen-bond donors (Lipinski definition) is 2. The monoisotopic (exact) mass is 229 g/mol. The van der Waals surface area contributed by atoms with E-state index in [4.69, 9.17) is 5.11 Å². The molecule has 0 amide bonds. The quantitative estimate of drug-likeness (QED) is 0.602. The van der Waals surface area contributed by atoms with E-state index < -0.39 is 11.8 Å². The van der Waals surface area contributed by atoms with Gasteiger partial charge in [-0.15, -0.1) is 0 Å². The van der Waals surface area contributed by atoms with Crippen LogP contribution in [0.2, 0.25) is 0 Å². The third-order valence-corrected chi connectivity index (χ3v) is 2.69. The number of benzene rings is 1. The summed E-state index contributed by atoms with van der Waals surface area (Å²) in [6.07, 6.45) is 0.970. The first-order valence-electron chi connectivity index (χ1n) is 4.56. The van der Waals surface area contributed by atoms with Crippen LogP contribution in [0.3, 0.4) is 0 Å². The second-order valence-corrected chi connectivity index (χ2v) is 3.82. The smallest absolute Gasteiger partial charge is 0.338 e. The third kappa shape index (κ3) is 3.13. The first-order valence-corrected chi connectivity index (χ1v) is 5.55. The predicted molar refractivity (Wildman–Crippen MR) is 59.7 cm³/mol. The van der Waals surface area contributed by atoms with Crippen LogP contribution in [0.4, 0.5) is 10.1 Å². The lowest BCUT2D eigenvalue weighted by atomic mass is 10.2. The molecule has 0 aliphatic heterocycles. The third-order valence-electron chi connectivity index (χ3n) is 1.72. The minimum atomic E-state index is -1.25. The molecule has 0 bridgehead atoms. The molecule has 1 rings (SSSR count). The van der Waals surface area contributed by atoms with Gasteiger partial charge in [-0.3, -0.25) is 0 Å². The van der Waals surface area contributed by atoms with Gasteiger partial charge in [-0.05, 0) is 18.6 Å². The summed E-state index contributed by atoms with van der Waals surface area (Å²) in [6.45, 7) is 2.01. The number of rotatable bonds is 5. The molecule has 0 saturated carbocycles. The molecule has 3 nitrogen and oxygen atoms in total. The van der Waals surface area contributed by atoms with E-state index in [2.05, 4.69) is 4.72 Å². The number of carboxylic acids is 1. The molecule has 0 aliphatic carbocycles. The molecule has 0 radical (unpaired) electrons. The standard InChI is InChI=1S/C10H12FNO2S/c1-2-6-15-12-8-5-3-4-7(9(8)11)10(13)14/h3-5,12H,2,6H2,1H3,(H,13,14). The summed E-state index contributed by atoms with van der Waals surface area (Å²) in [5, 5.41) is 8.69. The molecule has 1 aromatic rings. The van der Waals surface area contributed by atoms with E-state index in [1.807, 2.05) is 6.92 Å². The van der Waals surface area contributed by atoms with Crippen LogP contribution in [0.25, 0.3) is 0 Å². The van der Waals surface area contributed by atoms with Crippen molar-refractivity contribution >= 4 is 23.6 Å². The zero-order valence-corrected chi connectivity index (χ0v) is 9.10. The van der Waals surface area contributed by atoms with E-state index >= 15 is 0 Å². The summed E-state index contributed by atoms with van der Waals surface area (Å²) in [6, 6.07) is 4.28. The van der Waals surface area contributed by atoms with Gasteiger partial charge in [0, 0.05) is 5.75 Å². The Morgan fingerprint density at radius 3 is 2.93 bits per heavy atom. The maximum absolute atomic E-state index is 13.5. The molecule has 0 unspecified atom stereocenters. The average molecular weight is 229 g/mol. The molecular formula is C10H12FNO2S. The molecule has 0 fully saturated rings. The highest BCUT2D eigenvalue weighted by Gasteiger charge is 2.13. The van der Waals surface area contributed by atoms with Crippen LogP contribution in [0.5, 0.6) is 0 Å². The molecule has 5 heteroatoms. The van der Waals surface area contributed by atoms with Crippen LogP contribution in [0.1, 0.15) is 23.7 Å². The Balaban J connectivity index is 2.80. The van der Waals surface area contributed by atoms with Crippen molar-refractivity contribution in [3.8, 4) is 0 Å². The number of carbonyl (C=O) groups is 1. The van der Waals surface area contributed by atoms with Gasteiger partial charge in [-0.1, -0.05) is 24.9 Å². The van der Waals surface area contributed by atoms with E-state index in [0.29, 0.717) is 0 Å². The maximum atomic E-state index is 13.5. The van der Waals surface area contributed by atoms with Crippen LogP contribution >= 0.6 is 11.9 Å². The van der Waals surface area contributed by atoms with Crippen LogP contribution in [0.15, 0.2) is 18.2 Å². The van der Waals surface area contributed by atoms with Crippen molar-refractivity contribution in [1.82, 2.24) is 0 Å². The summed E-state index contributed by atoms with van der Waals surface area (Å²) in [7, 11) is 0. The van der Waals surface area contributed by atoms with Crippen molar-refractivity contribution in [3.63, 3.8) is 0 Å². The summed E-state index contributed by atoms with van der Waals surface area (Å²) in [5.74, 6) is -1.12. The summed E-state index contributed by atoms with van der Waals surface area (Å²) in [5.41, 5.74) is -0.0922. The van der Waals surface area contributed by atoms with Crippen molar-refractivity contribution < 1.29 is 14.3 Å². The number of halogens is 1. The predicted octanol–water partition coefficient (Wildman–Crippen LogP) is 2.99. The Kier molecular flexibility index (Phi) is 4.42. The summed E-state index contributed by atoms with van der Waals surface area (Å²) >= 11 is 1.36. The van der Waals surface area contributed by atoms with Gasteiger partial charge in [0.2, 0.25) is 0 Å². The lowest BCUT2D eigenvalue weighted by molar-refractivity contribution is 0.0692. The molecule has 0 atom stereocenters. The summed E-state index contributed by atoms with van der Waals surface area (Å²) in [4.78, 5) is 10.6. The fourth-order valence-corrected chi connectivity index (χ4v) is 1.63. The lowest BCUT2D eigenvalue weighted by Gasteiger charge is -2.07. The zero-order chi connectivity index (χ0) is 11.3. The highest BCUT2D eigenvalue weighted by atomic mass is 32.2. The van der Waals surface area contributed by atoms with Gasteiger partial charge in [0.15, 0.2) is 5.82 Å².